The summed E-state index contributed by atoms with van der Waals surface area (Å²) in [5, 5.41) is 9.95. The maximum atomic E-state index is 9.95. The summed E-state index contributed by atoms with van der Waals surface area (Å²) in [6, 6.07) is 10.2. The Labute approximate surface area is 165 Å². The standard InChI is InChI=1S/C24H36O3/c1-2-3-4-5-6-7-8-12-16-22(20-27-24-18-13-17-23(24)25)26-19-21-14-10-9-11-15-21/h9-11,14-15,22-25H,2-7,13,16-20H2,1H3/t22-,23-,24+/m1/s1. The Morgan fingerprint density at radius 3 is 2.63 bits per heavy atom. The molecule has 0 bridgehead atoms. The summed E-state index contributed by atoms with van der Waals surface area (Å²) in [6.07, 6.45) is 10.5. The lowest BCUT2D eigenvalue weighted by Gasteiger charge is -2.21. The fourth-order valence-electron chi connectivity index (χ4n) is 3.38. The molecule has 150 valence electrons. The summed E-state index contributed by atoms with van der Waals surface area (Å²) in [7, 11) is 0. The minimum Gasteiger partial charge on any atom is -0.390 e. The first-order valence-corrected chi connectivity index (χ1v) is 10.7. The van der Waals surface area contributed by atoms with Gasteiger partial charge in [-0.25, -0.2) is 0 Å². The fourth-order valence-corrected chi connectivity index (χ4v) is 3.38. The van der Waals surface area contributed by atoms with E-state index in [1.54, 1.807) is 0 Å². The Bertz CT molecular complexity index is 546. The molecule has 0 spiro atoms. The molecule has 1 N–H and O–H groups in total. The Kier molecular flexibility index (Phi) is 11.2. The molecule has 0 unspecified atom stereocenters. The van der Waals surface area contributed by atoms with Crippen LogP contribution in [0, 0.1) is 11.8 Å². The first-order chi connectivity index (χ1) is 13.3. The van der Waals surface area contributed by atoms with Crippen LogP contribution in [0.4, 0.5) is 0 Å². The van der Waals surface area contributed by atoms with Gasteiger partial charge in [0.15, 0.2) is 0 Å². The van der Waals surface area contributed by atoms with Crippen LogP contribution in [0.3, 0.4) is 0 Å². The van der Waals surface area contributed by atoms with Crippen molar-refractivity contribution in [3.8, 4) is 11.8 Å². The van der Waals surface area contributed by atoms with Crippen molar-refractivity contribution < 1.29 is 14.6 Å². The van der Waals surface area contributed by atoms with Gasteiger partial charge in [0, 0.05) is 12.8 Å². The van der Waals surface area contributed by atoms with Gasteiger partial charge in [-0.3, -0.25) is 0 Å². The smallest absolute Gasteiger partial charge is 0.0922 e. The number of benzene rings is 1. The number of ether oxygens (including phenoxy) is 2. The quantitative estimate of drug-likeness (QED) is 0.402. The summed E-state index contributed by atoms with van der Waals surface area (Å²) < 4.78 is 12.0. The molecule has 3 nitrogen and oxygen atoms in total. The van der Waals surface area contributed by atoms with E-state index in [-0.39, 0.29) is 18.3 Å². The summed E-state index contributed by atoms with van der Waals surface area (Å²) in [6.45, 7) is 3.31. The van der Waals surface area contributed by atoms with Gasteiger partial charge in [0.2, 0.25) is 0 Å². The zero-order valence-electron chi connectivity index (χ0n) is 16.9. The summed E-state index contributed by atoms with van der Waals surface area (Å²) in [5.74, 6) is 6.57. The molecule has 0 aliphatic heterocycles. The topological polar surface area (TPSA) is 38.7 Å². The third-order valence-electron chi connectivity index (χ3n) is 5.10. The van der Waals surface area contributed by atoms with E-state index in [9.17, 15) is 5.11 Å². The predicted molar refractivity (Wildman–Crippen MR) is 110 cm³/mol. The molecule has 27 heavy (non-hydrogen) atoms. The zero-order valence-corrected chi connectivity index (χ0v) is 16.9. The SMILES string of the molecule is CCCCCCCC#CC[C@H](CO[C@H]1CCC[C@H]1O)OCc1ccccc1. The number of unbranched alkanes of at least 4 members (excludes halogenated alkanes) is 5. The number of rotatable bonds is 12. The van der Waals surface area contributed by atoms with Gasteiger partial charge in [-0.2, -0.15) is 0 Å². The second-order valence-electron chi connectivity index (χ2n) is 7.51. The first-order valence-electron chi connectivity index (χ1n) is 10.7. The Morgan fingerprint density at radius 1 is 1.07 bits per heavy atom. The van der Waals surface area contributed by atoms with Crippen LogP contribution in [-0.2, 0) is 16.1 Å². The predicted octanol–water partition coefficient (Wildman–Crippen LogP) is 5.26. The van der Waals surface area contributed by atoms with E-state index in [0.29, 0.717) is 19.6 Å². The van der Waals surface area contributed by atoms with Gasteiger partial charge in [0.05, 0.1) is 31.5 Å². The lowest BCUT2D eigenvalue weighted by molar-refractivity contribution is -0.0746. The molecular weight excluding hydrogens is 336 g/mol. The summed E-state index contributed by atoms with van der Waals surface area (Å²) >= 11 is 0. The average Bonchev–Trinajstić information content (AvgIpc) is 3.11. The third kappa shape index (κ3) is 9.42. The monoisotopic (exact) mass is 372 g/mol. The molecule has 0 aromatic heterocycles. The molecule has 1 aliphatic carbocycles. The van der Waals surface area contributed by atoms with Crippen molar-refractivity contribution >= 4 is 0 Å². The lowest BCUT2D eigenvalue weighted by atomic mass is 10.1. The van der Waals surface area contributed by atoms with Crippen molar-refractivity contribution in [2.75, 3.05) is 6.61 Å². The molecule has 2 rings (SSSR count). The van der Waals surface area contributed by atoms with Crippen molar-refractivity contribution in [1.29, 1.82) is 0 Å². The van der Waals surface area contributed by atoms with Gasteiger partial charge < -0.3 is 14.6 Å². The van der Waals surface area contributed by atoms with Gasteiger partial charge in [0.25, 0.3) is 0 Å². The number of hydrogen-bond donors (Lipinski definition) is 1. The maximum absolute atomic E-state index is 9.95. The first kappa shape index (κ1) is 22.0. The van der Waals surface area contributed by atoms with Crippen molar-refractivity contribution in [1.82, 2.24) is 0 Å². The van der Waals surface area contributed by atoms with Gasteiger partial charge in [-0.05, 0) is 31.2 Å². The van der Waals surface area contributed by atoms with Gasteiger partial charge in [0.1, 0.15) is 0 Å². The van der Waals surface area contributed by atoms with Crippen molar-refractivity contribution in [3.63, 3.8) is 0 Å². The molecule has 1 aliphatic rings. The van der Waals surface area contributed by atoms with Crippen LogP contribution in [0.2, 0.25) is 0 Å². The highest BCUT2D eigenvalue weighted by molar-refractivity contribution is 5.13. The van der Waals surface area contributed by atoms with E-state index in [1.165, 1.54) is 32.1 Å². The second kappa shape index (κ2) is 13.8. The van der Waals surface area contributed by atoms with Crippen molar-refractivity contribution in [2.24, 2.45) is 0 Å². The zero-order chi connectivity index (χ0) is 19.2. The number of hydrogen-bond acceptors (Lipinski definition) is 3. The maximum Gasteiger partial charge on any atom is 0.0922 e. The summed E-state index contributed by atoms with van der Waals surface area (Å²) in [4.78, 5) is 0. The van der Waals surface area contributed by atoms with E-state index in [2.05, 4.69) is 30.9 Å². The van der Waals surface area contributed by atoms with Gasteiger partial charge in [-0.15, -0.1) is 11.8 Å². The lowest BCUT2D eigenvalue weighted by Crippen LogP contribution is -2.28. The number of aliphatic hydroxyl groups excluding tert-OH is 1. The van der Waals surface area contributed by atoms with Gasteiger partial charge in [-0.1, -0.05) is 62.9 Å². The molecule has 0 heterocycles. The van der Waals surface area contributed by atoms with Crippen LogP contribution in [0.5, 0.6) is 0 Å². The highest BCUT2D eigenvalue weighted by atomic mass is 16.5. The minimum absolute atomic E-state index is 0.0423. The molecule has 1 saturated carbocycles. The van der Waals surface area contributed by atoms with E-state index in [0.717, 1.165) is 31.2 Å². The molecule has 0 saturated heterocycles. The summed E-state index contributed by atoms with van der Waals surface area (Å²) in [5.41, 5.74) is 1.16. The van der Waals surface area contributed by atoms with Gasteiger partial charge >= 0.3 is 0 Å². The molecule has 1 aromatic rings. The van der Waals surface area contributed by atoms with Crippen molar-refractivity contribution in [3.05, 3.63) is 35.9 Å². The van der Waals surface area contributed by atoms with E-state index >= 15 is 0 Å². The number of aliphatic hydroxyl groups is 1. The normalized spacial score (nSPS) is 20.2. The van der Waals surface area contributed by atoms with Crippen molar-refractivity contribution in [2.45, 2.75) is 96.1 Å². The average molecular weight is 373 g/mol. The van der Waals surface area contributed by atoms with Crippen LogP contribution < -0.4 is 0 Å². The Balaban J connectivity index is 1.74. The van der Waals surface area contributed by atoms with Crippen LogP contribution >= 0.6 is 0 Å². The van der Waals surface area contributed by atoms with E-state index in [1.807, 2.05) is 18.2 Å². The molecule has 0 amide bonds. The highest BCUT2D eigenvalue weighted by Crippen LogP contribution is 2.22. The second-order valence-corrected chi connectivity index (χ2v) is 7.51. The molecule has 1 fully saturated rings. The fraction of sp³-hybridized carbons (Fsp3) is 0.667. The van der Waals surface area contributed by atoms with E-state index < -0.39 is 0 Å². The van der Waals surface area contributed by atoms with Crippen LogP contribution in [-0.4, -0.2) is 30.0 Å². The third-order valence-corrected chi connectivity index (χ3v) is 5.10. The van der Waals surface area contributed by atoms with Crippen LogP contribution in [0.25, 0.3) is 0 Å². The highest BCUT2D eigenvalue weighted by Gasteiger charge is 2.26. The Morgan fingerprint density at radius 2 is 1.89 bits per heavy atom. The largest absolute Gasteiger partial charge is 0.390 e. The molecule has 1 aromatic carbocycles. The molecule has 0 radical (unpaired) electrons. The van der Waals surface area contributed by atoms with E-state index in [4.69, 9.17) is 9.47 Å². The molecule has 3 heteroatoms. The van der Waals surface area contributed by atoms with Crippen LogP contribution in [0.1, 0.15) is 76.7 Å². The molecule has 3 atom stereocenters. The van der Waals surface area contributed by atoms with Crippen LogP contribution in [0.15, 0.2) is 30.3 Å². The minimum atomic E-state index is -0.325. The Hall–Kier alpha value is -1.34. The molecular formula is C24H36O3.